The van der Waals surface area contributed by atoms with Crippen LogP contribution in [0.4, 0.5) is 5.69 Å². The molecule has 2 aliphatic rings. The second-order valence-corrected chi connectivity index (χ2v) is 14.9. The number of fused-ring (bicyclic) bond motifs is 4. The second kappa shape index (κ2) is 13.0. The number of rotatable bonds is 8. The molecular formula is C40H44Cl2N6O3. The zero-order chi connectivity index (χ0) is 36.6. The second-order valence-electron chi connectivity index (χ2n) is 14.1. The van der Waals surface area contributed by atoms with E-state index in [2.05, 4.69) is 55.5 Å². The van der Waals surface area contributed by atoms with Gasteiger partial charge in [-0.15, -0.1) is 0 Å². The SMILES string of the molecule is CC1=C(c2c(Cl)ccc3c(CCCOc4cc(C)c(Cl)c(C)c4)c4n(c23)[C@H](C)CN(c2cn(C)c3cc(C(N)=O)ccc23)C4=O)C(C)N(C)N1C. The monoisotopic (exact) mass is 726 g/mol. The Morgan fingerprint density at radius 2 is 1.67 bits per heavy atom. The first kappa shape index (κ1) is 35.0. The van der Waals surface area contributed by atoms with Crippen LogP contribution < -0.4 is 15.4 Å². The molecule has 2 aliphatic heterocycles. The van der Waals surface area contributed by atoms with Crippen LogP contribution in [0.15, 0.2) is 54.4 Å². The lowest BCUT2D eigenvalue weighted by molar-refractivity contribution is 0.0704. The average Bonchev–Trinajstić information content (AvgIpc) is 3.67. The normalized spacial score (nSPS) is 18.1. The van der Waals surface area contributed by atoms with Crippen LogP contribution in [0.2, 0.25) is 10.0 Å². The Kier molecular flexibility index (Phi) is 8.89. The molecule has 3 aromatic carbocycles. The molecule has 51 heavy (non-hydrogen) atoms. The topological polar surface area (TPSA) is 89.0 Å². The lowest BCUT2D eigenvalue weighted by Gasteiger charge is -2.34. The van der Waals surface area contributed by atoms with Crippen LogP contribution in [0.3, 0.4) is 0 Å². The molecule has 1 unspecified atom stereocenters. The van der Waals surface area contributed by atoms with Crippen molar-refractivity contribution in [3.63, 3.8) is 0 Å². The zero-order valence-electron chi connectivity index (χ0n) is 30.4. The summed E-state index contributed by atoms with van der Waals surface area (Å²) in [6, 6.07) is 13.4. The number of likely N-dealkylation sites (N-methyl/N-ethyl adjacent to an activating group) is 1. The van der Waals surface area contributed by atoms with Crippen molar-refractivity contribution in [1.82, 2.24) is 19.2 Å². The summed E-state index contributed by atoms with van der Waals surface area (Å²) in [6.07, 6.45) is 3.28. The first-order valence-corrected chi connectivity index (χ1v) is 18.1. The van der Waals surface area contributed by atoms with E-state index in [9.17, 15) is 4.79 Å². The number of carbonyl (C=O) groups excluding carboxylic acids is 2. The van der Waals surface area contributed by atoms with Crippen molar-refractivity contribution in [2.75, 3.05) is 32.1 Å². The van der Waals surface area contributed by atoms with Gasteiger partial charge in [-0.2, -0.15) is 0 Å². The molecule has 2 aromatic heterocycles. The molecule has 266 valence electrons. The van der Waals surface area contributed by atoms with Crippen LogP contribution in [0.25, 0.3) is 27.4 Å². The fourth-order valence-corrected chi connectivity index (χ4v) is 8.46. The predicted molar refractivity (Wildman–Crippen MR) is 207 cm³/mol. The van der Waals surface area contributed by atoms with Gasteiger partial charge >= 0.3 is 0 Å². The van der Waals surface area contributed by atoms with Crippen molar-refractivity contribution in [2.24, 2.45) is 12.8 Å². The summed E-state index contributed by atoms with van der Waals surface area (Å²) < 4.78 is 10.4. The summed E-state index contributed by atoms with van der Waals surface area (Å²) in [4.78, 5) is 28.9. The molecular weight excluding hydrogens is 683 g/mol. The Bertz CT molecular complexity index is 2280. The lowest BCUT2D eigenvalue weighted by atomic mass is 9.95. The van der Waals surface area contributed by atoms with Crippen LogP contribution in [-0.2, 0) is 13.5 Å². The van der Waals surface area contributed by atoms with Crippen LogP contribution in [0, 0.1) is 13.8 Å². The van der Waals surface area contributed by atoms with Gasteiger partial charge in [0.15, 0.2) is 0 Å². The van der Waals surface area contributed by atoms with Crippen molar-refractivity contribution >= 4 is 68.1 Å². The number of anilines is 1. The molecule has 4 heterocycles. The number of aromatic nitrogens is 2. The smallest absolute Gasteiger partial charge is 0.275 e. The lowest BCUT2D eigenvalue weighted by Crippen LogP contribution is -2.42. The van der Waals surface area contributed by atoms with E-state index in [1.165, 1.54) is 0 Å². The van der Waals surface area contributed by atoms with Gasteiger partial charge in [-0.25, -0.2) is 5.01 Å². The fourth-order valence-electron chi connectivity index (χ4n) is 8.10. The highest BCUT2D eigenvalue weighted by molar-refractivity contribution is 6.34. The quantitative estimate of drug-likeness (QED) is 0.163. The summed E-state index contributed by atoms with van der Waals surface area (Å²) in [5, 5.41) is 7.69. The van der Waals surface area contributed by atoms with Crippen molar-refractivity contribution < 1.29 is 14.3 Å². The molecule has 11 heteroatoms. The number of halogens is 2. The van der Waals surface area contributed by atoms with Gasteiger partial charge in [0.2, 0.25) is 5.91 Å². The minimum Gasteiger partial charge on any atom is -0.494 e. The minimum absolute atomic E-state index is 0.0721. The van der Waals surface area contributed by atoms with Gasteiger partial charge in [-0.1, -0.05) is 29.3 Å². The number of benzene rings is 3. The van der Waals surface area contributed by atoms with Crippen molar-refractivity contribution in [3.8, 4) is 5.75 Å². The number of aryl methyl sites for hydroxylation is 4. The standard InChI is InChI=1S/C40H44Cl2N6O3/c1-21-16-27(17-22(2)36(21)42)51-15-9-10-28-29-13-14-31(41)35(34-24(4)45(7)46(8)25(34)5)37(29)48-23(3)19-47(40(50)38(28)48)33-20-44(6)32-18-26(39(43)49)11-12-30(32)33/h11-14,16-18,20,23-24H,9-10,15,19H2,1-8H3,(H2,43,49)/t23-,24?/m1/s1. The van der Waals surface area contributed by atoms with Crippen molar-refractivity contribution in [1.29, 1.82) is 0 Å². The highest BCUT2D eigenvalue weighted by Gasteiger charge is 2.39. The van der Waals surface area contributed by atoms with Gasteiger partial charge in [0, 0.05) is 78.1 Å². The van der Waals surface area contributed by atoms with E-state index in [1.807, 2.05) is 60.8 Å². The molecule has 2 N–H and O–H groups in total. The largest absolute Gasteiger partial charge is 0.494 e. The van der Waals surface area contributed by atoms with Crippen LogP contribution >= 0.6 is 23.2 Å². The van der Waals surface area contributed by atoms with Gasteiger partial charge < -0.3 is 29.5 Å². The maximum Gasteiger partial charge on any atom is 0.275 e. The Labute approximate surface area is 308 Å². The molecule has 2 atom stereocenters. The maximum atomic E-state index is 15.0. The summed E-state index contributed by atoms with van der Waals surface area (Å²) in [6.45, 7) is 11.4. The summed E-state index contributed by atoms with van der Waals surface area (Å²) in [5.74, 6) is 0.220. The predicted octanol–water partition coefficient (Wildman–Crippen LogP) is 8.30. The van der Waals surface area contributed by atoms with E-state index in [4.69, 9.17) is 33.7 Å². The maximum absolute atomic E-state index is 15.0. The van der Waals surface area contributed by atoms with Gasteiger partial charge in [-0.05, 0) is 101 Å². The molecule has 5 aromatic rings. The third kappa shape index (κ3) is 5.57. The first-order valence-electron chi connectivity index (χ1n) is 17.3. The number of ether oxygens (including phenoxy) is 1. The number of nitrogens with two attached hydrogens (primary N) is 1. The molecule has 0 spiro atoms. The molecule has 0 fully saturated rings. The van der Waals surface area contributed by atoms with Crippen LogP contribution in [0.1, 0.15) is 76.3 Å². The number of allylic oxidation sites excluding steroid dienone is 1. The van der Waals surface area contributed by atoms with Gasteiger partial charge in [0.05, 0.1) is 34.4 Å². The number of hydrogen-bond acceptors (Lipinski definition) is 5. The Balaban J connectivity index is 1.36. The van der Waals surface area contributed by atoms with E-state index in [1.54, 1.807) is 12.1 Å². The number of carbonyl (C=O) groups is 2. The summed E-state index contributed by atoms with van der Waals surface area (Å²) in [5.41, 5.74) is 15.5. The van der Waals surface area contributed by atoms with E-state index in [0.717, 1.165) is 71.8 Å². The Hall–Kier alpha value is -4.44. The third-order valence-corrected chi connectivity index (χ3v) is 11.9. The van der Waals surface area contributed by atoms with Crippen molar-refractivity contribution in [2.45, 2.75) is 59.5 Å². The van der Waals surface area contributed by atoms with Crippen molar-refractivity contribution in [3.05, 3.63) is 97.9 Å². The molecule has 0 aliphatic carbocycles. The zero-order valence-corrected chi connectivity index (χ0v) is 31.9. The minimum atomic E-state index is -0.490. The summed E-state index contributed by atoms with van der Waals surface area (Å²) in [7, 11) is 6.07. The van der Waals surface area contributed by atoms with Crippen LogP contribution in [0.5, 0.6) is 5.75 Å². The summed E-state index contributed by atoms with van der Waals surface area (Å²) >= 11 is 13.6. The highest BCUT2D eigenvalue weighted by Crippen LogP contribution is 2.46. The molecule has 2 amide bonds. The van der Waals surface area contributed by atoms with E-state index < -0.39 is 5.91 Å². The molecule has 0 saturated carbocycles. The Morgan fingerprint density at radius 1 is 0.980 bits per heavy atom. The van der Waals surface area contributed by atoms with E-state index in [0.29, 0.717) is 42.3 Å². The number of hydrogen-bond donors (Lipinski definition) is 1. The number of amides is 2. The van der Waals surface area contributed by atoms with E-state index >= 15 is 4.79 Å². The van der Waals surface area contributed by atoms with Crippen LogP contribution in [-0.4, -0.2) is 64.3 Å². The fraction of sp³-hybridized carbons (Fsp3) is 0.350. The Morgan fingerprint density at radius 3 is 2.31 bits per heavy atom. The molecule has 0 radical (unpaired) electrons. The van der Waals surface area contributed by atoms with Gasteiger partial charge in [-0.3, -0.25) is 9.59 Å². The first-order chi connectivity index (χ1) is 24.2. The number of primary amides is 1. The molecule has 7 rings (SSSR count). The molecule has 0 bridgehead atoms. The number of hydrazine groups is 1. The average molecular weight is 728 g/mol. The molecule has 9 nitrogen and oxygen atoms in total. The molecule has 0 saturated heterocycles. The third-order valence-electron chi connectivity index (χ3n) is 10.9. The van der Waals surface area contributed by atoms with E-state index in [-0.39, 0.29) is 18.0 Å². The number of nitrogens with zero attached hydrogens (tertiary/aromatic N) is 5. The van der Waals surface area contributed by atoms with Gasteiger partial charge in [0.1, 0.15) is 11.4 Å². The highest BCUT2D eigenvalue weighted by atomic mass is 35.5. The van der Waals surface area contributed by atoms with Gasteiger partial charge in [0.25, 0.3) is 5.91 Å².